The minimum absolute atomic E-state index is 0.246. The van der Waals surface area contributed by atoms with Crippen molar-refractivity contribution in [2.75, 3.05) is 31.1 Å². The lowest BCUT2D eigenvalue weighted by Crippen LogP contribution is -2.41. The van der Waals surface area contributed by atoms with Crippen LogP contribution < -0.4 is 9.64 Å². The molecule has 1 atom stereocenters. The number of hydrogen-bond acceptors (Lipinski definition) is 4. The van der Waals surface area contributed by atoms with Crippen molar-refractivity contribution in [3.63, 3.8) is 0 Å². The summed E-state index contributed by atoms with van der Waals surface area (Å²) in [4.78, 5) is 20.9. The number of hydrogen-bond donors (Lipinski definition) is 0. The first-order valence-electron chi connectivity index (χ1n) is 9.42. The highest BCUT2D eigenvalue weighted by atomic mass is 16.5. The van der Waals surface area contributed by atoms with Gasteiger partial charge >= 0.3 is 0 Å². The molecule has 3 heterocycles. The van der Waals surface area contributed by atoms with Crippen LogP contribution in [0.3, 0.4) is 0 Å². The molecule has 1 aromatic heterocycles. The van der Waals surface area contributed by atoms with Gasteiger partial charge in [-0.1, -0.05) is 18.2 Å². The summed E-state index contributed by atoms with van der Waals surface area (Å²) in [5.41, 5.74) is 1.02. The molecule has 136 valence electrons. The highest BCUT2D eigenvalue weighted by molar-refractivity contribution is 5.95. The molecule has 2 fully saturated rings. The van der Waals surface area contributed by atoms with E-state index in [0.717, 1.165) is 50.5 Å². The Hall–Kier alpha value is -2.40. The molecule has 1 amide bonds. The van der Waals surface area contributed by atoms with Crippen LogP contribution in [0.2, 0.25) is 0 Å². The molecule has 4 rings (SSSR count). The lowest BCUT2D eigenvalue weighted by atomic mass is 10.0. The molecule has 26 heavy (non-hydrogen) atoms. The Morgan fingerprint density at radius 2 is 1.88 bits per heavy atom. The van der Waals surface area contributed by atoms with Crippen LogP contribution in [0.5, 0.6) is 5.75 Å². The van der Waals surface area contributed by atoms with E-state index in [1.54, 1.807) is 12.4 Å². The van der Waals surface area contributed by atoms with Gasteiger partial charge < -0.3 is 14.5 Å². The third kappa shape index (κ3) is 4.05. The number of aromatic nitrogens is 1. The predicted molar refractivity (Wildman–Crippen MR) is 101 cm³/mol. The summed E-state index contributed by atoms with van der Waals surface area (Å²) < 4.78 is 6.01. The van der Waals surface area contributed by atoms with E-state index in [0.29, 0.717) is 12.3 Å². The van der Waals surface area contributed by atoms with Crippen molar-refractivity contribution in [3.8, 4) is 5.75 Å². The lowest BCUT2D eigenvalue weighted by molar-refractivity contribution is -0.117. The molecule has 5 heteroatoms. The number of ether oxygens (including phenoxy) is 1. The second-order valence-electron chi connectivity index (χ2n) is 7.22. The van der Waals surface area contributed by atoms with Gasteiger partial charge in [-0.3, -0.25) is 9.78 Å². The third-order valence-corrected chi connectivity index (χ3v) is 5.26. The van der Waals surface area contributed by atoms with Gasteiger partial charge in [0.05, 0.1) is 6.20 Å². The number of benzene rings is 1. The van der Waals surface area contributed by atoms with Gasteiger partial charge in [0.1, 0.15) is 11.9 Å². The molecule has 2 aliphatic heterocycles. The Labute approximate surface area is 154 Å². The van der Waals surface area contributed by atoms with Crippen LogP contribution >= 0.6 is 0 Å². The topological polar surface area (TPSA) is 45.7 Å². The number of piperidine rings is 1. The van der Waals surface area contributed by atoms with Crippen molar-refractivity contribution in [2.45, 2.75) is 25.4 Å². The number of para-hydroxylation sites is 1. The Kier molecular flexibility index (Phi) is 5.16. The fourth-order valence-electron chi connectivity index (χ4n) is 3.95. The summed E-state index contributed by atoms with van der Waals surface area (Å²) >= 11 is 0. The Balaban J connectivity index is 1.25. The number of anilines is 1. The number of pyridine rings is 1. The van der Waals surface area contributed by atoms with Crippen LogP contribution in [-0.4, -0.2) is 48.1 Å². The molecule has 0 saturated carbocycles. The standard InChI is InChI=1S/C21H25N3O2/c25-21-13-17(16-24(21)18-5-2-1-3-6-18)15-23-11-8-19(9-12-23)26-20-7-4-10-22-14-20/h1-7,10,14,17,19H,8-9,11-13,15-16H2/t17-/m0/s1. The predicted octanol–water partition coefficient (Wildman–Crippen LogP) is 2.98. The highest BCUT2D eigenvalue weighted by Gasteiger charge is 2.32. The van der Waals surface area contributed by atoms with Crippen molar-refractivity contribution in [3.05, 3.63) is 54.9 Å². The van der Waals surface area contributed by atoms with Gasteiger partial charge in [-0.15, -0.1) is 0 Å². The number of likely N-dealkylation sites (tertiary alicyclic amines) is 1. The first-order valence-corrected chi connectivity index (χ1v) is 9.42. The minimum Gasteiger partial charge on any atom is -0.489 e. The van der Waals surface area contributed by atoms with Crippen molar-refractivity contribution < 1.29 is 9.53 Å². The summed E-state index contributed by atoms with van der Waals surface area (Å²) in [7, 11) is 0. The molecule has 2 saturated heterocycles. The van der Waals surface area contributed by atoms with E-state index in [-0.39, 0.29) is 12.0 Å². The summed E-state index contributed by atoms with van der Waals surface area (Å²) in [6.45, 7) is 3.88. The van der Waals surface area contributed by atoms with E-state index in [2.05, 4.69) is 9.88 Å². The fraction of sp³-hybridized carbons (Fsp3) is 0.429. The SMILES string of the molecule is O=C1C[C@@H](CN2CCC(Oc3cccnc3)CC2)CN1c1ccccc1. The lowest BCUT2D eigenvalue weighted by Gasteiger charge is -2.33. The van der Waals surface area contributed by atoms with Crippen LogP contribution in [0.25, 0.3) is 0 Å². The van der Waals surface area contributed by atoms with Crippen molar-refractivity contribution in [2.24, 2.45) is 5.92 Å². The smallest absolute Gasteiger partial charge is 0.227 e. The van der Waals surface area contributed by atoms with Gasteiger partial charge in [0.2, 0.25) is 5.91 Å². The number of amides is 1. The fourth-order valence-corrected chi connectivity index (χ4v) is 3.95. The largest absolute Gasteiger partial charge is 0.489 e. The maximum absolute atomic E-state index is 12.4. The van der Waals surface area contributed by atoms with E-state index >= 15 is 0 Å². The maximum Gasteiger partial charge on any atom is 0.227 e. The van der Waals surface area contributed by atoms with Gasteiger partial charge in [-0.25, -0.2) is 0 Å². The summed E-state index contributed by atoms with van der Waals surface area (Å²) in [5.74, 6) is 1.51. The van der Waals surface area contributed by atoms with E-state index in [9.17, 15) is 4.79 Å². The molecular formula is C21H25N3O2. The Morgan fingerprint density at radius 1 is 1.08 bits per heavy atom. The van der Waals surface area contributed by atoms with Crippen LogP contribution in [-0.2, 0) is 4.79 Å². The molecule has 0 bridgehead atoms. The van der Waals surface area contributed by atoms with Crippen LogP contribution in [0.15, 0.2) is 54.9 Å². The first kappa shape index (κ1) is 17.0. The van der Waals surface area contributed by atoms with E-state index < -0.39 is 0 Å². The van der Waals surface area contributed by atoms with Gasteiger partial charge in [0.25, 0.3) is 0 Å². The molecule has 2 aliphatic rings. The van der Waals surface area contributed by atoms with Gasteiger partial charge in [0, 0.05) is 44.5 Å². The van der Waals surface area contributed by atoms with E-state index in [4.69, 9.17) is 4.74 Å². The number of carbonyl (C=O) groups is 1. The van der Waals surface area contributed by atoms with E-state index in [1.807, 2.05) is 47.4 Å². The minimum atomic E-state index is 0.246. The van der Waals surface area contributed by atoms with Crippen LogP contribution in [0.4, 0.5) is 5.69 Å². The van der Waals surface area contributed by atoms with Gasteiger partial charge in [-0.2, -0.15) is 0 Å². The average molecular weight is 351 g/mol. The number of rotatable bonds is 5. The van der Waals surface area contributed by atoms with Crippen molar-refractivity contribution >= 4 is 11.6 Å². The molecule has 5 nitrogen and oxygen atoms in total. The number of carbonyl (C=O) groups excluding carboxylic acids is 1. The highest BCUT2D eigenvalue weighted by Crippen LogP contribution is 2.26. The molecular weight excluding hydrogens is 326 g/mol. The second kappa shape index (κ2) is 7.87. The molecule has 1 aromatic carbocycles. The molecule has 0 N–H and O–H groups in total. The summed E-state index contributed by atoms with van der Waals surface area (Å²) in [6.07, 6.45) is 6.50. The molecule has 2 aromatic rings. The van der Waals surface area contributed by atoms with Crippen molar-refractivity contribution in [1.82, 2.24) is 9.88 Å². The Bertz CT molecular complexity index is 715. The van der Waals surface area contributed by atoms with Gasteiger partial charge in [0.15, 0.2) is 0 Å². The summed E-state index contributed by atoms with van der Waals surface area (Å²) in [5, 5.41) is 0. The monoisotopic (exact) mass is 351 g/mol. The Morgan fingerprint density at radius 3 is 2.62 bits per heavy atom. The zero-order chi connectivity index (χ0) is 17.8. The second-order valence-corrected chi connectivity index (χ2v) is 7.22. The maximum atomic E-state index is 12.4. The van der Waals surface area contributed by atoms with Crippen LogP contribution in [0.1, 0.15) is 19.3 Å². The van der Waals surface area contributed by atoms with Crippen LogP contribution in [0, 0.1) is 5.92 Å². The third-order valence-electron chi connectivity index (χ3n) is 5.26. The quantitative estimate of drug-likeness (QED) is 0.831. The first-order chi connectivity index (χ1) is 12.8. The molecule has 0 aliphatic carbocycles. The molecule has 0 radical (unpaired) electrons. The normalized spacial score (nSPS) is 21.9. The molecule has 0 unspecified atom stereocenters. The number of nitrogens with zero attached hydrogens (tertiary/aromatic N) is 3. The van der Waals surface area contributed by atoms with E-state index in [1.165, 1.54) is 0 Å². The zero-order valence-electron chi connectivity index (χ0n) is 15.0. The van der Waals surface area contributed by atoms with Crippen molar-refractivity contribution in [1.29, 1.82) is 0 Å². The zero-order valence-corrected chi connectivity index (χ0v) is 15.0. The molecule has 0 spiro atoms. The van der Waals surface area contributed by atoms with Gasteiger partial charge in [-0.05, 0) is 43.0 Å². The average Bonchev–Trinajstić information content (AvgIpc) is 3.05. The summed E-state index contributed by atoms with van der Waals surface area (Å²) in [6, 6.07) is 13.9.